The standard InChI is InChI=1S/C16H21F/c1-11-6-7-12(2)14-13(11)10-16(15(14,3)17)8-4-5-9-16/h6-7H,4-5,8-10H2,1-3H3. The molecule has 0 radical (unpaired) electrons. The molecule has 0 heterocycles. The fourth-order valence-electron chi connectivity index (χ4n) is 4.22. The lowest BCUT2D eigenvalue weighted by Gasteiger charge is -2.35. The molecule has 1 fully saturated rings. The summed E-state index contributed by atoms with van der Waals surface area (Å²) in [6.45, 7) is 6.02. The zero-order valence-corrected chi connectivity index (χ0v) is 11.1. The third kappa shape index (κ3) is 1.29. The minimum absolute atomic E-state index is 0.0911. The van der Waals surface area contributed by atoms with Crippen LogP contribution in [0.15, 0.2) is 12.1 Å². The second-order valence-electron chi connectivity index (χ2n) is 6.22. The van der Waals surface area contributed by atoms with E-state index in [-0.39, 0.29) is 5.41 Å². The monoisotopic (exact) mass is 232 g/mol. The molecule has 1 heteroatoms. The molecular weight excluding hydrogens is 211 g/mol. The van der Waals surface area contributed by atoms with E-state index in [0.717, 1.165) is 30.4 Å². The van der Waals surface area contributed by atoms with Crippen LogP contribution >= 0.6 is 0 Å². The Morgan fingerprint density at radius 2 is 1.65 bits per heavy atom. The van der Waals surface area contributed by atoms with Crippen LogP contribution in [0.5, 0.6) is 0 Å². The van der Waals surface area contributed by atoms with Gasteiger partial charge in [-0.15, -0.1) is 0 Å². The average Bonchev–Trinajstić information content (AvgIpc) is 2.81. The van der Waals surface area contributed by atoms with Crippen LogP contribution in [0.3, 0.4) is 0 Å². The molecule has 1 aromatic carbocycles. The molecule has 17 heavy (non-hydrogen) atoms. The SMILES string of the molecule is Cc1ccc(C)c2c1CC1(CCCC1)C2(C)F. The van der Waals surface area contributed by atoms with Crippen LogP contribution in [0.1, 0.15) is 54.9 Å². The fraction of sp³-hybridized carbons (Fsp3) is 0.625. The first-order valence-corrected chi connectivity index (χ1v) is 6.76. The second kappa shape index (κ2) is 3.34. The molecule has 1 aromatic rings. The van der Waals surface area contributed by atoms with Gasteiger partial charge in [0.25, 0.3) is 0 Å². The van der Waals surface area contributed by atoms with Gasteiger partial charge in [-0.1, -0.05) is 25.0 Å². The highest BCUT2D eigenvalue weighted by molar-refractivity contribution is 5.49. The van der Waals surface area contributed by atoms with Gasteiger partial charge < -0.3 is 0 Å². The maximum absolute atomic E-state index is 15.4. The molecule has 1 spiro atoms. The Balaban J connectivity index is 2.22. The van der Waals surface area contributed by atoms with Gasteiger partial charge in [-0.3, -0.25) is 0 Å². The third-order valence-electron chi connectivity index (χ3n) is 5.30. The van der Waals surface area contributed by atoms with Gasteiger partial charge in [-0.25, -0.2) is 4.39 Å². The van der Waals surface area contributed by atoms with Gasteiger partial charge >= 0.3 is 0 Å². The van der Waals surface area contributed by atoms with Crippen molar-refractivity contribution < 1.29 is 4.39 Å². The Labute approximate surface area is 103 Å². The third-order valence-corrected chi connectivity index (χ3v) is 5.30. The van der Waals surface area contributed by atoms with Crippen molar-refractivity contribution in [2.75, 3.05) is 0 Å². The van der Waals surface area contributed by atoms with Crippen LogP contribution in [0.25, 0.3) is 0 Å². The summed E-state index contributed by atoms with van der Waals surface area (Å²) in [6.07, 6.45) is 5.49. The molecule has 0 amide bonds. The summed E-state index contributed by atoms with van der Waals surface area (Å²) < 4.78 is 15.4. The summed E-state index contributed by atoms with van der Waals surface area (Å²) in [6, 6.07) is 4.23. The van der Waals surface area contributed by atoms with Gasteiger partial charge in [-0.05, 0) is 62.3 Å². The van der Waals surface area contributed by atoms with Crippen LogP contribution in [0.4, 0.5) is 4.39 Å². The lowest BCUT2D eigenvalue weighted by molar-refractivity contribution is 0.0241. The molecule has 2 aliphatic rings. The number of halogens is 1. The van der Waals surface area contributed by atoms with E-state index in [2.05, 4.69) is 26.0 Å². The van der Waals surface area contributed by atoms with E-state index in [4.69, 9.17) is 0 Å². The first kappa shape index (κ1) is 11.3. The van der Waals surface area contributed by atoms with Crippen molar-refractivity contribution >= 4 is 0 Å². The lowest BCUT2D eigenvalue weighted by Crippen LogP contribution is -2.34. The van der Waals surface area contributed by atoms with Crippen LogP contribution in [0, 0.1) is 19.3 Å². The molecule has 1 atom stereocenters. The molecule has 3 rings (SSSR count). The van der Waals surface area contributed by atoms with Crippen molar-refractivity contribution in [2.45, 2.75) is 58.5 Å². The molecular formula is C16H21F. The van der Waals surface area contributed by atoms with Gasteiger partial charge in [0.05, 0.1) is 0 Å². The molecule has 0 N–H and O–H groups in total. The topological polar surface area (TPSA) is 0 Å². The van der Waals surface area contributed by atoms with Crippen molar-refractivity contribution in [3.8, 4) is 0 Å². The van der Waals surface area contributed by atoms with E-state index < -0.39 is 5.67 Å². The smallest absolute Gasteiger partial charge is 0.139 e. The number of alkyl halides is 1. The summed E-state index contributed by atoms with van der Waals surface area (Å²) in [5, 5.41) is 0. The van der Waals surface area contributed by atoms with Crippen LogP contribution < -0.4 is 0 Å². The predicted octanol–water partition coefficient (Wildman–Crippen LogP) is 4.60. The number of aryl methyl sites for hydroxylation is 2. The molecule has 92 valence electrons. The van der Waals surface area contributed by atoms with E-state index in [1.807, 2.05) is 6.92 Å². The van der Waals surface area contributed by atoms with E-state index in [9.17, 15) is 0 Å². The van der Waals surface area contributed by atoms with Crippen LogP contribution in [-0.4, -0.2) is 0 Å². The molecule has 0 aliphatic heterocycles. The highest BCUT2D eigenvalue weighted by Crippen LogP contribution is 2.61. The summed E-state index contributed by atoms with van der Waals surface area (Å²) in [4.78, 5) is 0. The van der Waals surface area contributed by atoms with Crippen LogP contribution in [0.2, 0.25) is 0 Å². The van der Waals surface area contributed by atoms with E-state index >= 15 is 4.39 Å². The largest absolute Gasteiger partial charge is 0.238 e. The maximum Gasteiger partial charge on any atom is 0.139 e. The molecule has 0 aromatic heterocycles. The summed E-state index contributed by atoms with van der Waals surface area (Å²) in [5.41, 5.74) is 3.52. The fourth-order valence-corrected chi connectivity index (χ4v) is 4.22. The van der Waals surface area contributed by atoms with Crippen molar-refractivity contribution in [3.63, 3.8) is 0 Å². The Morgan fingerprint density at radius 1 is 1.06 bits per heavy atom. The lowest BCUT2D eigenvalue weighted by atomic mass is 9.73. The van der Waals surface area contributed by atoms with Gasteiger partial charge in [0.1, 0.15) is 5.67 Å². The van der Waals surface area contributed by atoms with Crippen molar-refractivity contribution in [2.24, 2.45) is 5.41 Å². The first-order valence-electron chi connectivity index (χ1n) is 6.76. The van der Waals surface area contributed by atoms with E-state index in [0.29, 0.717) is 0 Å². The zero-order chi connectivity index (χ0) is 12.3. The molecule has 0 nitrogen and oxygen atoms in total. The molecule has 2 aliphatic carbocycles. The molecule has 0 bridgehead atoms. The van der Waals surface area contributed by atoms with Crippen molar-refractivity contribution in [1.29, 1.82) is 0 Å². The summed E-state index contributed by atoms with van der Waals surface area (Å²) in [5.74, 6) is 0. The number of fused-ring (bicyclic) bond motifs is 1. The summed E-state index contributed by atoms with van der Waals surface area (Å²) >= 11 is 0. The van der Waals surface area contributed by atoms with Crippen molar-refractivity contribution in [3.05, 3.63) is 34.4 Å². The molecule has 1 saturated carbocycles. The minimum Gasteiger partial charge on any atom is -0.238 e. The predicted molar refractivity (Wildman–Crippen MR) is 69.0 cm³/mol. The van der Waals surface area contributed by atoms with Gasteiger partial charge in [-0.2, -0.15) is 0 Å². The Morgan fingerprint density at radius 3 is 2.24 bits per heavy atom. The Bertz CT molecular complexity index is 465. The zero-order valence-electron chi connectivity index (χ0n) is 11.1. The first-order chi connectivity index (χ1) is 7.98. The van der Waals surface area contributed by atoms with Gasteiger partial charge in [0, 0.05) is 5.41 Å². The number of rotatable bonds is 0. The normalized spacial score (nSPS) is 29.9. The van der Waals surface area contributed by atoms with Crippen LogP contribution in [-0.2, 0) is 12.1 Å². The second-order valence-corrected chi connectivity index (χ2v) is 6.22. The molecule has 0 saturated heterocycles. The number of hydrogen-bond acceptors (Lipinski definition) is 0. The molecule has 1 unspecified atom stereocenters. The van der Waals surface area contributed by atoms with Gasteiger partial charge in [0.15, 0.2) is 0 Å². The van der Waals surface area contributed by atoms with Gasteiger partial charge in [0.2, 0.25) is 0 Å². The quantitative estimate of drug-likeness (QED) is 0.613. The number of hydrogen-bond donors (Lipinski definition) is 0. The van der Waals surface area contributed by atoms with E-state index in [1.54, 1.807) is 0 Å². The Kier molecular flexibility index (Phi) is 2.21. The minimum atomic E-state index is -1.12. The maximum atomic E-state index is 15.4. The van der Waals surface area contributed by atoms with E-state index in [1.165, 1.54) is 24.0 Å². The summed E-state index contributed by atoms with van der Waals surface area (Å²) in [7, 11) is 0. The van der Waals surface area contributed by atoms with Crippen molar-refractivity contribution in [1.82, 2.24) is 0 Å². The average molecular weight is 232 g/mol. The highest BCUT2D eigenvalue weighted by Gasteiger charge is 2.57. The highest BCUT2D eigenvalue weighted by atomic mass is 19.1. The Hall–Kier alpha value is -0.850. The number of benzene rings is 1.